The van der Waals surface area contributed by atoms with Crippen LogP contribution in [-0.4, -0.2) is 24.1 Å². The van der Waals surface area contributed by atoms with Crippen molar-refractivity contribution in [2.45, 2.75) is 126 Å². The number of ether oxygens (including phenoxy) is 1. The molecule has 5 aliphatic carbocycles. The van der Waals surface area contributed by atoms with Gasteiger partial charge in [0, 0.05) is 23.2 Å². The van der Waals surface area contributed by atoms with E-state index in [1.165, 1.54) is 12.0 Å². The summed E-state index contributed by atoms with van der Waals surface area (Å²) in [5.41, 5.74) is 0.206. The van der Waals surface area contributed by atoms with Crippen LogP contribution in [0, 0.1) is 56.8 Å². The first-order valence-electron chi connectivity index (χ1n) is 16.6. The minimum absolute atomic E-state index is 0.0371. The van der Waals surface area contributed by atoms with E-state index in [1.54, 1.807) is 0 Å². The van der Waals surface area contributed by atoms with Gasteiger partial charge in [-0.25, -0.2) is 4.85 Å². The minimum Gasteiger partial charge on any atom is -0.466 e. The van der Waals surface area contributed by atoms with Crippen molar-refractivity contribution in [1.29, 1.82) is 0 Å². The summed E-state index contributed by atoms with van der Waals surface area (Å²) < 4.78 is 5.56. The molecule has 0 radical (unpaired) electrons. The molecule has 5 heteroatoms. The zero-order chi connectivity index (χ0) is 30.9. The van der Waals surface area contributed by atoms with Gasteiger partial charge in [-0.3, -0.25) is 9.59 Å². The maximum atomic E-state index is 14.6. The lowest BCUT2D eigenvalue weighted by Crippen LogP contribution is -2.64. The van der Waals surface area contributed by atoms with Crippen LogP contribution in [0.3, 0.4) is 0 Å². The van der Waals surface area contributed by atoms with E-state index in [-0.39, 0.29) is 56.7 Å². The Morgan fingerprint density at radius 1 is 1.02 bits per heavy atom. The summed E-state index contributed by atoms with van der Waals surface area (Å²) in [7, 11) is 0. The SMILES string of the molecule is [C-]#[N+]C1=C[C@]2(C)C3=CC(=O)[C@@H]4[C@@H]5CC(C)(C)CC[C@]5(CCCOC(=O)CCC)CC[C@@]4(C)[C@]3(C)CC[C@H]2C(C)(C)C1=O. The van der Waals surface area contributed by atoms with Crippen molar-refractivity contribution in [2.24, 2.45) is 50.2 Å². The predicted molar refractivity (Wildman–Crippen MR) is 165 cm³/mol. The highest BCUT2D eigenvalue weighted by Crippen LogP contribution is 2.75. The van der Waals surface area contributed by atoms with Crippen LogP contribution in [-0.2, 0) is 19.1 Å². The van der Waals surface area contributed by atoms with Crippen molar-refractivity contribution < 1.29 is 19.1 Å². The second kappa shape index (κ2) is 10.2. The minimum atomic E-state index is -0.637. The van der Waals surface area contributed by atoms with Crippen LogP contribution in [0.15, 0.2) is 23.4 Å². The van der Waals surface area contributed by atoms with Gasteiger partial charge in [-0.1, -0.05) is 67.0 Å². The fourth-order valence-electron chi connectivity index (χ4n) is 11.0. The summed E-state index contributed by atoms with van der Waals surface area (Å²) in [6.07, 6.45) is 14.4. The molecule has 0 aromatic rings. The number of hydrogen-bond acceptors (Lipinski definition) is 4. The van der Waals surface area contributed by atoms with Crippen LogP contribution in [0.1, 0.15) is 126 Å². The fraction of sp³-hybridized carbons (Fsp3) is 0.784. The number of allylic oxidation sites excluding steroid dienone is 4. The van der Waals surface area contributed by atoms with E-state index < -0.39 is 10.8 Å². The lowest BCUT2D eigenvalue weighted by atomic mass is 9.34. The lowest BCUT2D eigenvalue weighted by molar-refractivity contribution is -0.173. The van der Waals surface area contributed by atoms with Crippen molar-refractivity contribution in [3.05, 3.63) is 34.8 Å². The first-order valence-corrected chi connectivity index (χ1v) is 16.6. The van der Waals surface area contributed by atoms with Gasteiger partial charge in [0.1, 0.15) is 0 Å². The van der Waals surface area contributed by atoms with Crippen molar-refractivity contribution in [3.8, 4) is 0 Å². The number of esters is 1. The first kappa shape index (κ1) is 31.2. The lowest BCUT2D eigenvalue weighted by Gasteiger charge is -2.69. The normalized spacial score (nSPS) is 41.6. The van der Waals surface area contributed by atoms with Crippen LogP contribution in [0.5, 0.6) is 0 Å². The smallest absolute Gasteiger partial charge is 0.305 e. The van der Waals surface area contributed by atoms with Gasteiger partial charge in [-0.05, 0) is 104 Å². The van der Waals surface area contributed by atoms with E-state index >= 15 is 0 Å². The van der Waals surface area contributed by atoms with Gasteiger partial charge in [0.05, 0.1) is 13.2 Å². The standard InChI is InChI=1S/C37H53NO4/c1-10-12-29(40)42-20-11-14-37-18-16-32(2,3)22-24(37)30-26(39)21-28-34(6)23-25(38-9)31(41)33(4,5)27(34)13-15-35(28,7)36(30,8)17-19-37/h21,23-24,27,30H,10-20,22H2,1-8H3/t24-,27-,30-,34-,35+,36+,37+/m0/s1. The maximum Gasteiger partial charge on any atom is 0.305 e. The number of hydrogen-bond donors (Lipinski definition) is 0. The van der Waals surface area contributed by atoms with E-state index in [9.17, 15) is 14.4 Å². The number of rotatable bonds is 6. The molecule has 0 bridgehead atoms. The number of carbonyl (C=O) groups excluding carboxylic acids is 3. The third kappa shape index (κ3) is 4.40. The fourth-order valence-corrected chi connectivity index (χ4v) is 11.0. The number of fused-ring (bicyclic) bond motifs is 7. The van der Waals surface area contributed by atoms with Gasteiger partial charge in [0.15, 0.2) is 11.6 Å². The van der Waals surface area contributed by atoms with E-state index in [1.807, 2.05) is 32.9 Å². The van der Waals surface area contributed by atoms with Crippen LogP contribution in [0.25, 0.3) is 4.85 Å². The summed E-state index contributed by atoms with van der Waals surface area (Å²) in [5, 5.41) is 0. The Morgan fingerprint density at radius 2 is 1.71 bits per heavy atom. The molecule has 0 aliphatic heterocycles. The first-order chi connectivity index (χ1) is 19.5. The molecule has 3 saturated carbocycles. The summed E-state index contributed by atoms with van der Waals surface area (Å²) >= 11 is 0. The van der Waals surface area contributed by atoms with Crippen LogP contribution in [0.2, 0.25) is 0 Å². The Morgan fingerprint density at radius 3 is 2.38 bits per heavy atom. The average molecular weight is 576 g/mol. The van der Waals surface area contributed by atoms with E-state index in [2.05, 4.69) is 39.5 Å². The van der Waals surface area contributed by atoms with E-state index in [0.29, 0.717) is 18.9 Å². The van der Waals surface area contributed by atoms with Gasteiger partial charge >= 0.3 is 5.97 Å². The van der Waals surface area contributed by atoms with Crippen LogP contribution < -0.4 is 0 Å². The predicted octanol–water partition coefficient (Wildman–Crippen LogP) is 8.68. The summed E-state index contributed by atoms with van der Waals surface area (Å²) in [6.45, 7) is 26.0. The third-order valence-electron chi connectivity index (χ3n) is 13.6. The monoisotopic (exact) mass is 575 g/mol. The van der Waals surface area contributed by atoms with Crippen molar-refractivity contribution in [3.63, 3.8) is 0 Å². The number of carbonyl (C=O) groups is 3. The van der Waals surface area contributed by atoms with E-state index in [0.717, 1.165) is 57.8 Å². The van der Waals surface area contributed by atoms with Gasteiger partial charge in [0.2, 0.25) is 5.70 Å². The van der Waals surface area contributed by atoms with Gasteiger partial charge in [-0.2, -0.15) is 0 Å². The molecular weight excluding hydrogens is 522 g/mol. The molecule has 5 rings (SSSR count). The second-order valence-electron chi connectivity index (χ2n) is 16.7. The molecule has 5 aliphatic rings. The molecular formula is C37H53NO4. The Kier molecular flexibility index (Phi) is 7.56. The molecule has 3 fully saturated rings. The topological polar surface area (TPSA) is 64.8 Å². The molecule has 0 unspecified atom stereocenters. The molecule has 230 valence electrons. The van der Waals surface area contributed by atoms with Gasteiger partial charge in [0.25, 0.3) is 0 Å². The number of Topliss-reactive ketones (excluding diaryl/α,β-unsaturated/α-hetero) is 1. The molecule has 0 heterocycles. The highest BCUT2D eigenvalue weighted by Gasteiger charge is 2.69. The Balaban J connectivity index is 1.54. The molecule has 0 amide bonds. The molecule has 0 spiro atoms. The zero-order valence-corrected chi connectivity index (χ0v) is 27.5. The van der Waals surface area contributed by atoms with Crippen LogP contribution >= 0.6 is 0 Å². The zero-order valence-electron chi connectivity index (χ0n) is 27.5. The van der Waals surface area contributed by atoms with Crippen LogP contribution in [0.4, 0.5) is 0 Å². The second-order valence-corrected chi connectivity index (χ2v) is 16.7. The van der Waals surface area contributed by atoms with Crippen molar-refractivity contribution in [2.75, 3.05) is 6.61 Å². The van der Waals surface area contributed by atoms with Crippen molar-refractivity contribution >= 4 is 17.5 Å². The summed E-state index contributed by atoms with van der Waals surface area (Å²) in [4.78, 5) is 43.6. The average Bonchev–Trinajstić information content (AvgIpc) is 2.90. The molecule has 42 heavy (non-hydrogen) atoms. The molecule has 0 aromatic heterocycles. The van der Waals surface area contributed by atoms with Gasteiger partial charge in [-0.15, -0.1) is 0 Å². The Bertz CT molecular complexity index is 1280. The Labute approximate surface area is 254 Å². The molecule has 0 saturated heterocycles. The molecule has 5 nitrogen and oxygen atoms in total. The highest BCUT2D eigenvalue weighted by molar-refractivity contribution is 6.03. The quantitative estimate of drug-likeness (QED) is 0.181. The maximum absolute atomic E-state index is 14.6. The largest absolute Gasteiger partial charge is 0.466 e. The number of nitrogens with zero attached hydrogens (tertiary/aromatic N) is 1. The van der Waals surface area contributed by atoms with Crippen molar-refractivity contribution in [1.82, 2.24) is 0 Å². The highest BCUT2D eigenvalue weighted by atomic mass is 16.5. The van der Waals surface area contributed by atoms with E-state index in [4.69, 9.17) is 11.3 Å². The van der Waals surface area contributed by atoms with Gasteiger partial charge < -0.3 is 9.53 Å². The summed E-state index contributed by atoms with van der Waals surface area (Å²) in [5.74, 6) is 0.445. The summed E-state index contributed by atoms with van der Waals surface area (Å²) in [6, 6.07) is 0. The molecule has 7 atom stereocenters. The Hall–Kier alpha value is -2.22. The third-order valence-corrected chi connectivity index (χ3v) is 13.6. The number of ketones is 2. The molecule has 0 N–H and O–H groups in total. The molecule has 0 aromatic carbocycles.